The summed E-state index contributed by atoms with van der Waals surface area (Å²) >= 11 is 0. The van der Waals surface area contributed by atoms with Gasteiger partial charge in [-0.3, -0.25) is 9.00 Å². The van der Waals surface area contributed by atoms with Gasteiger partial charge < -0.3 is 14.4 Å². The molecule has 2 heterocycles. The summed E-state index contributed by atoms with van der Waals surface area (Å²) in [5.41, 5.74) is 0.905. The lowest BCUT2D eigenvalue weighted by molar-refractivity contribution is -0.133. The van der Waals surface area contributed by atoms with E-state index in [2.05, 4.69) is 0 Å². The van der Waals surface area contributed by atoms with Gasteiger partial charge in [0.05, 0.1) is 30.6 Å². The van der Waals surface area contributed by atoms with Gasteiger partial charge in [0.25, 0.3) is 0 Å². The van der Waals surface area contributed by atoms with E-state index >= 15 is 0 Å². The number of nitrogens with zero attached hydrogens (tertiary/aromatic N) is 1. The highest BCUT2D eigenvalue weighted by Gasteiger charge is 2.50. The highest BCUT2D eigenvalue weighted by atomic mass is 32.2. The van der Waals surface area contributed by atoms with Gasteiger partial charge in [0.2, 0.25) is 5.91 Å². The molecular formula is C19H19NO4S. The van der Waals surface area contributed by atoms with Crippen molar-refractivity contribution in [1.29, 1.82) is 0 Å². The Morgan fingerprint density at radius 1 is 1.12 bits per heavy atom. The molecule has 2 aliphatic heterocycles. The Morgan fingerprint density at radius 3 is 2.52 bits per heavy atom. The first-order valence-electron chi connectivity index (χ1n) is 8.22. The summed E-state index contributed by atoms with van der Waals surface area (Å²) in [6, 6.07) is 16.7. The van der Waals surface area contributed by atoms with Crippen molar-refractivity contribution in [2.45, 2.75) is 28.8 Å². The average Bonchev–Trinajstić information content (AvgIpc) is 3.22. The molecule has 2 fully saturated rings. The zero-order valence-electron chi connectivity index (χ0n) is 13.8. The Morgan fingerprint density at radius 2 is 1.84 bits per heavy atom. The second kappa shape index (κ2) is 6.61. The standard InChI is InChI=1S/C19H19NO4S/c1-23-15-9-7-13(8-10-15)19-20-14(12-24-19)11-17(18(20)21)25(22)16-5-3-2-4-6-16/h2-10,14,17,19H,11-12H2,1H3/t14-,17+,19+,25?/m0/s1. The largest absolute Gasteiger partial charge is 0.497 e. The minimum atomic E-state index is -1.34. The maximum Gasteiger partial charge on any atom is 0.241 e. The third-order valence-corrected chi connectivity index (χ3v) is 6.39. The molecule has 6 heteroatoms. The Bertz CT molecular complexity index is 793. The number of amides is 1. The summed E-state index contributed by atoms with van der Waals surface area (Å²) in [6.45, 7) is 0.477. The number of hydrogen-bond acceptors (Lipinski definition) is 4. The summed E-state index contributed by atoms with van der Waals surface area (Å²) in [4.78, 5) is 15.4. The van der Waals surface area contributed by atoms with Crippen molar-refractivity contribution in [3.8, 4) is 5.75 Å². The molecule has 1 unspecified atom stereocenters. The van der Waals surface area contributed by atoms with E-state index in [1.165, 1.54) is 0 Å². The summed E-state index contributed by atoms with van der Waals surface area (Å²) in [5, 5.41) is -0.503. The summed E-state index contributed by atoms with van der Waals surface area (Å²) in [5.74, 6) is 0.666. The lowest BCUT2D eigenvalue weighted by Crippen LogP contribution is -2.34. The van der Waals surface area contributed by atoms with Crippen molar-refractivity contribution < 1.29 is 18.5 Å². The van der Waals surface area contributed by atoms with E-state index in [9.17, 15) is 9.00 Å². The summed E-state index contributed by atoms with van der Waals surface area (Å²) in [7, 11) is 0.275. The number of benzene rings is 2. The van der Waals surface area contributed by atoms with E-state index in [0.29, 0.717) is 17.9 Å². The molecule has 0 aliphatic carbocycles. The third-order valence-electron chi connectivity index (χ3n) is 4.74. The molecule has 2 aromatic rings. The van der Waals surface area contributed by atoms with E-state index in [4.69, 9.17) is 9.47 Å². The molecule has 0 radical (unpaired) electrons. The molecule has 4 atom stereocenters. The van der Waals surface area contributed by atoms with Crippen molar-refractivity contribution in [3.63, 3.8) is 0 Å². The maximum atomic E-state index is 12.9. The first kappa shape index (κ1) is 16.3. The SMILES string of the molecule is COc1ccc([C@H]2OC[C@@H]3C[C@@H](S(=O)c4ccccc4)C(=O)N32)cc1. The smallest absolute Gasteiger partial charge is 0.241 e. The van der Waals surface area contributed by atoms with Gasteiger partial charge >= 0.3 is 0 Å². The molecule has 0 bridgehead atoms. The van der Waals surface area contributed by atoms with Crippen molar-refractivity contribution >= 4 is 16.7 Å². The third kappa shape index (κ3) is 2.85. The molecule has 2 aromatic carbocycles. The topological polar surface area (TPSA) is 55.8 Å². The first-order valence-corrected chi connectivity index (χ1v) is 9.43. The van der Waals surface area contributed by atoms with Crippen LogP contribution in [0.5, 0.6) is 5.75 Å². The van der Waals surface area contributed by atoms with Crippen LogP contribution >= 0.6 is 0 Å². The molecule has 0 N–H and O–H groups in total. The van der Waals surface area contributed by atoms with Gasteiger partial charge in [-0.05, 0) is 30.7 Å². The highest BCUT2D eigenvalue weighted by Crippen LogP contribution is 2.39. The van der Waals surface area contributed by atoms with Crippen LogP contribution in [0.15, 0.2) is 59.5 Å². The van der Waals surface area contributed by atoms with Crippen molar-refractivity contribution in [1.82, 2.24) is 4.90 Å². The van der Waals surface area contributed by atoms with E-state index in [1.54, 1.807) is 12.0 Å². The Kier molecular flexibility index (Phi) is 4.31. The minimum absolute atomic E-state index is 0.0164. The second-order valence-corrected chi connectivity index (χ2v) is 7.83. The van der Waals surface area contributed by atoms with Crippen LogP contribution in [0.1, 0.15) is 18.2 Å². The van der Waals surface area contributed by atoms with Crippen LogP contribution in [0.2, 0.25) is 0 Å². The van der Waals surface area contributed by atoms with Crippen LogP contribution in [0.4, 0.5) is 0 Å². The molecule has 2 saturated heterocycles. The van der Waals surface area contributed by atoms with Gasteiger partial charge in [-0.1, -0.05) is 30.3 Å². The van der Waals surface area contributed by atoms with E-state index in [0.717, 1.165) is 11.3 Å². The fourth-order valence-electron chi connectivity index (χ4n) is 3.47. The quantitative estimate of drug-likeness (QED) is 0.844. The predicted molar refractivity (Wildman–Crippen MR) is 93.6 cm³/mol. The van der Waals surface area contributed by atoms with Crippen LogP contribution in [0.25, 0.3) is 0 Å². The second-order valence-electron chi connectivity index (χ2n) is 6.19. The van der Waals surface area contributed by atoms with Gasteiger partial charge in [0, 0.05) is 10.5 Å². The molecule has 0 aromatic heterocycles. The molecule has 25 heavy (non-hydrogen) atoms. The lowest BCUT2D eigenvalue weighted by atomic mass is 10.2. The Labute approximate surface area is 149 Å². The minimum Gasteiger partial charge on any atom is -0.497 e. The number of carbonyl (C=O) groups is 1. The Balaban J connectivity index is 1.56. The van der Waals surface area contributed by atoms with Gasteiger partial charge in [0.15, 0.2) is 6.23 Å². The zero-order chi connectivity index (χ0) is 17.4. The average molecular weight is 357 g/mol. The molecule has 0 saturated carbocycles. The van der Waals surface area contributed by atoms with E-state index in [-0.39, 0.29) is 11.9 Å². The molecular weight excluding hydrogens is 338 g/mol. The number of ether oxygens (including phenoxy) is 2. The van der Waals surface area contributed by atoms with E-state index < -0.39 is 22.3 Å². The fourth-order valence-corrected chi connectivity index (χ4v) is 4.92. The van der Waals surface area contributed by atoms with Crippen LogP contribution in [-0.4, -0.2) is 40.0 Å². The fraction of sp³-hybridized carbons (Fsp3) is 0.316. The van der Waals surface area contributed by atoms with Crippen molar-refractivity contribution in [2.75, 3.05) is 13.7 Å². The van der Waals surface area contributed by atoms with Gasteiger partial charge in [-0.2, -0.15) is 0 Å². The summed E-state index contributed by atoms with van der Waals surface area (Å²) < 4.78 is 23.8. The molecule has 5 nitrogen and oxygen atoms in total. The number of fused-ring (bicyclic) bond motifs is 1. The number of carbonyl (C=O) groups excluding carboxylic acids is 1. The van der Waals surface area contributed by atoms with Gasteiger partial charge in [0.1, 0.15) is 11.0 Å². The Hall–Kier alpha value is -2.18. The van der Waals surface area contributed by atoms with E-state index in [1.807, 2.05) is 54.6 Å². The van der Waals surface area contributed by atoms with Crippen LogP contribution in [0, 0.1) is 0 Å². The molecule has 0 spiro atoms. The normalized spacial score (nSPS) is 26.5. The molecule has 130 valence electrons. The number of hydrogen-bond donors (Lipinski definition) is 0. The van der Waals surface area contributed by atoms with Crippen LogP contribution < -0.4 is 4.74 Å². The number of methoxy groups -OCH3 is 1. The first-order chi connectivity index (χ1) is 12.2. The lowest BCUT2D eigenvalue weighted by Gasteiger charge is -2.23. The van der Waals surface area contributed by atoms with Gasteiger partial charge in [-0.15, -0.1) is 0 Å². The predicted octanol–water partition coefficient (Wildman–Crippen LogP) is 2.50. The van der Waals surface area contributed by atoms with Crippen LogP contribution in [0.3, 0.4) is 0 Å². The van der Waals surface area contributed by atoms with Gasteiger partial charge in [-0.25, -0.2) is 0 Å². The van der Waals surface area contributed by atoms with Crippen molar-refractivity contribution in [2.24, 2.45) is 0 Å². The van der Waals surface area contributed by atoms with Crippen molar-refractivity contribution in [3.05, 3.63) is 60.2 Å². The molecule has 4 rings (SSSR count). The molecule has 2 aliphatic rings. The number of rotatable bonds is 4. The highest BCUT2D eigenvalue weighted by molar-refractivity contribution is 7.86. The zero-order valence-corrected chi connectivity index (χ0v) is 14.6. The van der Waals surface area contributed by atoms with Crippen LogP contribution in [-0.2, 0) is 20.3 Å². The monoisotopic (exact) mass is 357 g/mol. The molecule has 1 amide bonds. The maximum absolute atomic E-state index is 12.9. The summed E-state index contributed by atoms with van der Waals surface area (Å²) in [6.07, 6.45) is 0.147.